The molecule has 2 nitrogen and oxygen atoms in total. The lowest BCUT2D eigenvalue weighted by molar-refractivity contribution is 0.624. The molecular formula is C17H15FN2. The molecule has 3 heteroatoms. The second kappa shape index (κ2) is 5.34. The van der Waals surface area contributed by atoms with E-state index in [9.17, 15) is 4.39 Å². The molecule has 0 spiro atoms. The lowest BCUT2D eigenvalue weighted by Crippen LogP contribution is -2.04. The number of anilines is 1. The third-order valence-electron chi connectivity index (χ3n) is 3.67. The number of rotatable bonds is 4. The fraction of sp³-hybridized carbons (Fsp3) is 0.235. The van der Waals surface area contributed by atoms with Gasteiger partial charge < -0.3 is 5.32 Å². The van der Waals surface area contributed by atoms with Gasteiger partial charge in [-0.2, -0.15) is 5.26 Å². The third kappa shape index (κ3) is 2.50. The van der Waals surface area contributed by atoms with Gasteiger partial charge in [-0.05, 0) is 42.0 Å². The summed E-state index contributed by atoms with van der Waals surface area (Å²) >= 11 is 0. The monoisotopic (exact) mass is 266 g/mol. The summed E-state index contributed by atoms with van der Waals surface area (Å²) in [5, 5.41) is 12.2. The Morgan fingerprint density at radius 1 is 1.15 bits per heavy atom. The molecule has 100 valence electrons. The SMILES string of the molecule is N#Cc1c(F)cccc1NCc1ccccc1C1CC1. The Morgan fingerprint density at radius 2 is 1.95 bits per heavy atom. The maximum absolute atomic E-state index is 13.5. The quantitative estimate of drug-likeness (QED) is 0.900. The maximum atomic E-state index is 13.5. The highest BCUT2D eigenvalue weighted by atomic mass is 19.1. The highest BCUT2D eigenvalue weighted by Crippen LogP contribution is 2.41. The third-order valence-corrected chi connectivity index (χ3v) is 3.67. The number of nitrogens with zero attached hydrogens (tertiary/aromatic N) is 1. The molecule has 3 rings (SSSR count). The van der Waals surface area contributed by atoms with Crippen LogP contribution in [0.15, 0.2) is 42.5 Å². The lowest BCUT2D eigenvalue weighted by Gasteiger charge is -2.12. The molecule has 0 bridgehead atoms. The number of hydrogen-bond acceptors (Lipinski definition) is 2. The minimum absolute atomic E-state index is 0.0800. The highest BCUT2D eigenvalue weighted by molar-refractivity contribution is 5.58. The fourth-order valence-corrected chi connectivity index (χ4v) is 2.46. The summed E-state index contributed by atoms with van der Waals surface area (Å²) in [5.74, 6) is 0.198. The van der Waals surface area contributed by atoms with Crippen molar-refractivity contribution in [2.45, 2.75) is 25.3 Å². The van der Waals surface area contributed by atoms with Gasteiger partial charge in [-0.15, -0.1) is 0 Å². The summed E-state index contributed by atoms with van der Waals surface area (Å²) in [6.07, 6.45) is 2.50. The van der Waals surface area contributed by atoms with Crippen molar-refractivity contribution in [1.29, 1.82) is 5.26 Å². The summed E-state index contributed by atoms with van der Waals surface area (Å²) < 4.78 is 13.5. The van der Waals surface area contributed by atoms with E-state index in [0.29, 0.717) is 18.2 Å². The van der Waals surface area contributed by atoms with E-state index in [0.717, 1.165) is 0 Å². The van der Waals surface area contributed by atoms with Crippen molar-refractivity contribution >= 4 is 5.69 Å². The van der Waals surface area contributed by atoms with Crippen molar-refractivity contribution in [3.8, 4) is 6.07 Å². The zero-order chi connectivity index (χ0) is 13.9. The Hall–Kier alpha value is -2.34. The number of benzene rings is 2. The van der Waals surface area contributed by atoms with Crippen molar-refractivity contribution in [3.05, 3.63) is 65.0 Å². The smallest absolute Gasteiger partial charge is 0.143 e. The minimum atomic E-state index is -0.479. The number of nitriles is 1. The van der Waals surface area contributed by atoms with Crippen LogP contribution in [0.3, 0.4) is 0 Å². The normalized spacial score (nSPS) is 13.8. The van der Waals surface area contributed by atoms with Gasteiger partial charge in [0.1, 0.15) is 17.4 Å². The summed E-state index contributed by atoms with van der Waals surface area (Å²) in [6.45, 7) is 0.616. The molecule has 0 heterocycles. The van der Waals surface area contributed by atoms with Gasteiger partial charge in [0.2, 0.25) is 0 Å². The average Bonchev–Trinajstić information content (AvgIpc) is 3.30. The first-order valence-corrected chi connectivity index (χ1v) is 6.80. The number of nitrogens with one attached hydrogen (secondary N) is 1. The number of hydrogen-bond donors (Lipinski definition) is 1. The van der Waals surface area contributed by atoms with Crippen molar-refractivity contribution in [2.75, 3.05) is 5.32 Å². The molecule has 2 aromatic rings. The summed E-state index contributed by atoms with van der Waals surface area (Å²) in [7, 11) is 0. The van der Waals surface area contributed by atoms with Crippen LogP contribution in [0.4, 0.5) is 10.1 Å². The fourth-order valence-electron chi connectivity index (χ4n) is 2.46. The molecule has 0 aromatic heterocycles. The Labute approximate surface area is 117 Å². The van der Waals surface area contributed by atoms with Gasteiger partial charge in [0.05, 0.1) is 5.69 Å². The van der Waals surface area contributed by atoms with E-state index in [1.54, 1.807) is 12.1 Å². The van der Waals surface area contributed by atoms with Crippen LogP contribution < -0.4 is 5.32 Å². The van der Waals surface area contributed by atoms with E-state index in [2.05, 4.69) is 23.5 Å². The van der Waals surface area contributed by atoms with E-state index in [4.69, 9.17) is 5.26 Å². The zero-order valence-electron chi connectivity index (χ0n) is 11.1. The van der Waals surface area contributed by atoms with Crippen molar-refractivity contribution in [2.24, 2.45) is 0 Å². The average molecular weight is 266 g/mol. The summed E-state index contributed by atoms with van der Waals surface area (Å²) in [5.41, 5.74) is 3.23. The van der Waals surface area contributed by atoms with Gasteiger partial charge in [0, 0.05) is 6.54 Å². The molecule has 1 aliphatic rings. The number of halogens is 1. The standard InChI is InChI=1S/C17H15FN2/c18-16-6-3-7-17(15(16)10-19)20-11-13-4-1-2-5-14(13)12-8-9-12/h1-7,12,20H,8-9,11H2. The first kappa shape index (κ1) is 12.7. The second-order valence-corrected chi connectivity index (χ2v) is 5.10. The second-order valence-electron chi connectivity index (χ2n) is 5.10. The minimum Gasteiger partial charge on any atom is -0.380 e. The van der Waals surface area contributed by atoms with Crippen LogP contribution in [0.5, 0.6) is 0 Å². The van der Waals surface area contributed by atoms with Gasteiger partial charge in [-0.3, -0.25) is 0 Å². The van der Waals surface area contributed by atoms with Crippen molar-refractivity contribution < 1.29 is 4.39 Å². The molecule has 1 saturated carbocycles. The predicted molar refractivity (Wildman–Crippen MR) is 76.9 cm³/mol. The van der Waals surface area contributed by atoms with E-state index in [-0.39, 0.29) is 5.56 Å². The molecule has 20 heavy (non-hydrogen) atoms. The molecule has 0 unspecified atom stereocenters. The van der Waals surface area contributed by atoms with Crippen LogP contribution >= 0.6 is 0 Å². The first-order chi connectivity index (χ1) is 9.79. The Bertz CT molecular complexity index is 669. The van der Waals surface area contributed by atoms with E-state index >= 15 is 0 Å². The lowest BCUT2D eigenvalue weighted by atomic mass is 10.0. The Morgan fingerprint density at radius 3 is 2.70 bits per heavy atom. The van der Waals surface area contributed by atoms with Crippen LogP contribution in [0.2, 0.25) is 0 Å². The molecule has 1 aliphatic carbocycles. The van der Waals surface area contributed by atoms with Gasteiger partial charge in [0.25, 0.3) is 0 Å². The highest BCUT2D eigenvalue weighted by Gasteiger charge is 2.25. The van der Waals surface area contributed by atoms with Crippen molar-refractivity contribution in [1.82, 2.24) is 0 Å². The summed E-state index contributed by atoms with van der Waals surface area (Å²) in [4.78, 5) is 0. The van der Waals surface area contributed by atoms with Gasteiger partial charge in [0.15, 0.2) is 0 Å². The largest absolute Gasteiger partial charge is 0.380 e. The van der Waals surface area contributed by atoms with Gasteiger partial charge >= 0.3 is 0 Å². The summed E-state index contributed by atoms with van der Waals surface area (Å²) in [6, 6.07) is 14.9. The molecule has 0 aliphatic heterocycles. The predicted octanol–water partition coefficient (Wildman–Crippen LogP) is 4.19. The molecular weight excluding hydrogens is 251 g/mol. The van der Waals surface area contributed by atoms with E-state index < -0.39 is 5.82 Å². The van der Waals surface area contributed by atoms with E-state index in [1.807, 2.05) is 12.1 Å². The first-order valence-electron chi connectivity index (χ1n) is 6.80. The van der Waals surface area contributed by atoms with Crippen molar-refractivity contribution in [3.63, 3.8) is 0 Å². The van der Waals surface area contributed by atoms with Crippen LogP contribution in [0.25, 0.3) is 0 Å². The topological polar surface area (TPSA) is 35.8 Å². The van der Waals surface area contributed by atoms with Crippen LogP contribution in [0, 0.1) is 17.1 Å². The maximum Gasteiger partial charge on any atom is 0.143 e. The molecule has 2 aromatic carbocycles. The molecule has 1 N–H and O–H groups in total. The molecule has 0 amide bonds. The zero-order valence-corrected chi connectivity index (χ0v) is 11.1. The van der Waals surface area contributed by atoms with Crippen LogP contribution in [-0.2, 0) is 6.54 Å². The molecule has 0 atom stereocenters. The van der Waals surface area contributed by atoms with Crippen LogP contribution in [0.1, 0.15) is 35.4 Å². The Kier molecular flexibility index (Phi) is 3.39. The molecule has 1 fully saturated rings. The molecule has 0 radical (unpaired) electrons. The van der Waals surface area contributed by atoms with Crippen LogP contribution in [-0.4, -0.2) is 0 Å². The Balaban J connectivity index is 1.81. The van der Waals surface area contributed by atoms with Gasteiger partial charge in [-0.1, -0.05) is 30.3 Å². The molecule has 0 saturated heterocycles. The van der Waals surface area contributed by atoms with Gasteiger partial charge in [-0.25, -0.2) is 4.39 Å². The van der Waals surface area contributed by atoms with E-state index in [1.165, 1.54) is 30.0 Å².